The fraction of sp³-hybridized carbons (Fsp3) is 0.923. The SMILES string of the molecule is CCN(CC(C)C(=O)O)C(C)CCC(C)C. The van der Waals surface area contributed by atoms with Crippen LogP contribution in [0.5, 0.6) is 0 Å². The predicted molar refractivity (Wildman–Crippen MR) is 67.6 cm³/mol. The number of hydrogen-bond donors (Lipinski definition) is 1. The molecular formula is C13H27NO2. The van der Waals surface area contributed by atoms with Crippen molar-refractivity contribution in [2.24, 2.45) is 11.8 Å². The number of aliphatic carboxylic acids is 1. The Balaban J connectivity index is 4.10. The van der Waals surface area contributed by atoms with Gasteiger partial charge in [0.25, 0.3) is 0 Å². The van der Waals surface area contributed by atoms with E-state index >= 15 is 0 Å². The molecular weight excluding hydrogens is 202 g/mol. The normalized spacial score (nSPS) is 15.4. The van der Waals surface area contributed by atoms with Crippen LogP contribution in [0.2, 0.25) is 0 Å². The third-order valence-corrected chi connectivity index (χ3v) is 3.12. The molecule has 0 fully saturated rings. The first kappa shape index (κ1) is 15.4. The molecule has 0 aliphatic rings. The first-order valence-electron chi connectivity index (χ1n) is 6.35. The maximum Gasteiger partial charge on any atom is 0.307 e. The lowest BCUT2D eigenvalue weighted by molar-refractivity contribution is -0.141. The van der Waals surface area contributed by atoms with Gasteiger partial charge in [-0.3, -0.25) is 4.79 Å². The summed E-state index contributed by atoms with van der Waals surface area (Å²) in [6.07, 6.45) is 2.36. The second-order valence-corrected chi connectivity index (χ2v) is 5.15. The molecule has 3 heteroatoms. The van der Waals surface area contributed by atoms with Gasteiger partial charge in [0, 0.05) is 12.6 Å². The van der Waals surface area contributed by atoms with Gasteiger partial charge in [-0.25, -0.2) is 0 Å². The van der Waals surface area contributed by atoms with Crippen molar-refractivity contribution in [2.45, 2.75) is 53.5 Å². The molecule has 16 heavy (non-hydrogen) atoms. The summed E-state index contributed by atoms with van der Waals surface area (Å²) in [6.45, 7) is 12.1. The molecule has 0 radical (unpaired) electrons. The van der Waals surface area contributed by atoms with Crippen LogP contribution < -0.4 is 0 Å². The van der Waals surface area contributed by atoms with Crippen molar-refractivity contribution < 1.29 is 9.90 Å². The van der Waals surface area contributed by atoms with E-state index in [-0.39, 0.29) is 5.92 Å². The second-order valence-electron chi connectivity index (χ2n) is 5.15. The van der Waals surface area contributed by atoms with E-state index in [0.29, 0.717) is 12.6 Å². The topological polar surface area (TPSA) is 40.5 Å². The van der Waals surface area contributed by atoms with Crippen LogP contribution in [-0.4, -0.2) is 35.1 Å². The summed E-state index contributed by atoms with van der Waals surface area (Å²) >= 11 is 0. The fourth-order valence-corrected chi connectivity index (χ4v) is 1.81. The first-order valence-corrected chi connectivity index (χ1v) is 6.35. The number of nitrogens with zero attached hydrogens (tertiary/aromatic N) is 1. The van der Waals surface area contributed by atoms with E-state index in [1.165, 1.54) is 6.42 Å². The molecule has 3 nitrogen and oxygen atoms in total. The molecule has 0 rings (SSSR count). The van der Waals surface area contributed by atoms with Crippen molar-refractivity contribution in [1.29, 1.82) is 0 Å². The van der Waals surface area contributed by atoms with E-state index in [2.05, 4.69) is 32.6 Å². The van der Waals surface area contributed by atoms with Crippen molar-refractivity contribution >= 4 is 5.97 Å². The molecule has 0 aliphatic heterocycles. The summed E-state index contributed by atoms with van der Waals surface area (Å²) in [5.41, 5.74) is 0. The Hall–Kier alpha value is -0.570. The summed E-state index contributed by atoms with van der Waals surface area (Å²) in [5, 5.41) is 8.90. The van der Waals surface area contributed by atoms with Gasteiger partial charge in [-0.15, -0.1) is 0 Å². The molecule has 0 aromatic heterocycles. The average molecular weight is 229 g/mol. The van der Waals surface area contributed by atoms with Gasteiger partial charge < -0.3 is 10.0 Å². The summed E-state index contributed by atoms with van der Waals surface area (Å²) in [5.74, 6) is -0.256. The molecule has 0 spiro atoms. The van der Waals surface area contributed by atoms with Crippen molar-refractivity contribution in [3.05, 3.63) is 0 Å². The monoisotopic (exact) mass is 229 g/mol. The van der Waals surface area contributed by atoms with Crippen molar-refractivity contribution in [3.8, 4) is 0 Å². The van der Waals surface area contributed by atoms with Gasteiger partial charge in [-0.05, 0) is 32.2 Å². The highest BCUT2D eigenvalue weighted by Gasteiger charge is 2.19. The van der Waals surface area contributed by atoms with Crippen LogP contribution in [-0.2, 0) is 4.79 Å². The molecule has 96 valence electrons. The number of carboxylic acid groups (broad SMARTS) is 1. The molecule has 0 saturated heterocycles. The third kappa shape index (κ3) is 6.11. The summed E-state index contributed by atoms with van der Waals surface area (Å²) < 4.78 is 0. The van der Waals surface area contributed by atoms with Crippen molar-refractivity contribution in [3.63, 3.8) is 0 Å². The molecule has 0 saturated carbocycles. The Morgan fingerprint density at radius 3 is 2.12 bits per heavy atom. The number of carboxylic acids is 1. The number of hydrogen-bond acceptors (Lipinski definition) is 2. The van der Waals surface area contributed by atoms with Crippen LogP contribution in [0.1, 0.15) is 47.5 Å². The Bertz CT molecular complexity index is 204. The maximum absolute atomic E-state index is 10.8. The lowest BCUT2D eigenvalue weighted by Crippen LogP contribution is -2.38. The first-order chi connectivity index (χ1) is 7.38. The number of carbonyl (C=O) groups is 1. The molecule has 0 amide bonds. The van der Waals surface area contributed by atoms with Crippen LogP contribution in [0.15, 0.2) is 0 Å². The molecule has 2 unspecified atom stereocenters. The lowest BCUT2D eigenvalue weighted by atomic mass is 10.0. The van der Waals surface area contributed by atoms with Gasteiger partial charge in [-0.2, -0.15) is 0 Å². The maximum atomic E-state index is 10.8. The molecule has 2 atom stereocenters. The smallest absolute Gasteiger partial charge is 0.307 e. The van der Waals surface area contributed by atoms with Gasteiger partial charge in [0.2, 0.25) is 0 Å². The van der Waals surface area contributed by atoms with Crippen LogP contribution in [0.25, 0.3) is 0 Å². The van der Waals surface area contributed by atoms with Gasteiger partial charge >= 0.3 is 5.97 Å². The molecule has 0 heterocycles. The predicted octanol–water partition coefficient (Wildman–Crippen LogP) is 2.85. The fourth-order valence-electron chi connectivity index (χ4n) is 1.81. The second kappa shape index (κ2) is 7.66. The number of rotatable bonds is 8. The minimum Gasteiger partial charge on any atom is -0.481 e. The Labute approximate surface area is 99.8 Å². The highest BCUT2D eigenvalue weighted by Crippen LogP contribution is 2.13. The summed E-state index contributed by atoms with van der Waals surface area (Å²) in [7, 11) is 0. The standard InChI is InChI=1S/C13H27NO2/c1-6-14(9-11(4)13(15)16)12(5)8-7-10(2)3/h10-12H,6-9H2,1-5H3,(H,15,16). The highest BCUT2D eigenvalue weighted by molar-refractivity contribution is 5.69. The molecule has 0 bridgehead atoms. The highest BCUT2D eigenvalue weighted by atomic mass is 16.4. The Morgan fingerprint density at radius 2 is 1.75 bits per heavy atom. The quantitative estimate of drug-likeness (QED) is 0.695. The molecule has 0 aliphatic carbocycles. The molecule has 1 N–H and O–H groups in total. The lowest BCUT2D eigenvalue weighted by Gasteiger charge is -2.29. The van der Waals surface area contributed by atoms with Crippen LogP contribution in [0.4, 0.5) is 0 Å². The molecule has 0 aromatic carbocycles. The van der Waals surface area contributed by atoms with Gasteiger partial charge in [-0.1, -0.05) is 27.7 Å². The third-order valence-electron chi connectivity index (χ3n) is 3.12. The minimum absolute atomic E-state index is 0.276. The van der Waals surface area contributed by atoms with E-state index in [1.807, 2.05) is 0 Å². The van der Waals surface area contributed by atoms with Gasteiger partial charge in [0.15, 0.2) is 0 Å². The largest absolute Gasteiger partial charge is 0.481 e. The van der Waals surface area contributed by atoms with Crippen molar-refractivity contribution in [2.75, 3.05) is 13.1 Å². The van der Waals surface area contributed by atoms with Gasteiger partial charge in [0.05, 0.1) is 5.92 Å². The Kier molecular flexibility index (Phi) is 7.39. The van der Waals surface area contributed by atoms with Crippen molar-refractivity contribution in [1.82, 2.24) is 4.90 Å². The Morgan fingerprint density at radius 1 is 1.19 bits per heavy atom. The van der Waals surface area contributed by atoms with Crippen LogP contribution >= 0.6 is 0 Å². The van der Waals surface area contributed by atoms with E-state index in [9.17, 15) is 4.79 Å². The zero-order chi connectivity index (χ0) is 12.7. The summed E-state index contributed by atoms with van der Waals surface area (Å²) in [6, 6.07) is 0.481. The van der Waals surface area contributed by atoms with Gasteiger partial charge in [0.1, 0.15) is 0 Å². The minimum atomic E-state index is -0.700. The van der Waals surface area contributed by atoms with E-state index < -0.39 is 5.97 Å². The molecule has 0 aromatic rings. The van der Waals surface area contributed by atoms with E-state index in [1.54, 1.807) is 6.92 Å². The van der Waals surface area contributed by atoms with E-state index in [4.69, 9.17) is 5.11 Å². The zero-order valence-electron chi connectivity index (χ0n) is 11.4. The average Bonchev–Trinajstić information content (AvgIpc) is 2.21. The zero-order valence-corrected chi connectivity index (χ0v) is 11.4. The summed E-state index contributed by atoms with van der Waals surface area (Å²) in [4.78, 5) is 13.1. The van der Waals surface area contributed by atoms with Crippen LogP contribution in [0.3, 0.4) is 0 Å². The van der Waals surface area contributed by atoms with E-state index in [0.717, 1.165) is 18.9 Å². The van der Waals surface area contributed by atoms with Crippen LogP contribution in [0, 0.1) is 11.8 Å².